The van der Waals surface area contributed by atoms with Crippen LogP contribution in [0.15, 0.2) is 42.9 Å². The van der Waals surface area contributed by atoms with Gasteiger partial charge in [-0.1, -0.05) is 13.5 Å². The van der Waals surface area contributed by atoms with Gasteiger partial charge in [-0.3, -0.25) is 4.98 Å². The molecule has 4 heteroatoms. The number of pyridine rings is 2. The van der Waals surface area contributed by atoms with Crippen molar-refractivity contribution in [3.63, 3.8) is 0 Å². The van der Waals surface area contributed by atoms with Crippen LogP contribution in [0.25, 0.3) is 11.3 Å². The van der Waals surface area contributed by atoms with Crippen molar-refractivity contribution in [1.82, 2.24) is 15.3 Å². The van der Waals surface area contributed by atoms with Gasteiger partial charge in [0, 0.05) is 53.3 Å². The summed E-state index contributed by atoms with van der Waals surface area (Å²) >= 11 is 0. The Balaban J connectivity index is 1.79. The highest BCUT2D eigenvalue weighted by atomic mass is 16.5. The lowest BCUT2D eigenvalue weighted by Gasteiger charge is -2.19. The van der Waals surface area contributed by atoms with Gasteiger partial charge in [-0.15, -0.1) is 5.73 Å². The van der Waals surface area contributed by atoms with Crippen LogP contribution < -0.4 is 10.1 Å². The normalized spacial score (nSPS) is 19.2. The molecule has 0 saturated heterocycles. The standard InChI is InChI=1S/C22H25N3O/c1-4-8-23-12-19(16-5-6-16)20-11-18-14(2)13-26-22(18)21(25-20)17-7-9-24-15(3)10-17/h7-11,14,16,19,23H,1,5-6,12-13H2,2-3H3. The summed E-state index contributed by atoms with van der Waals surface area (Å²) in [6.45, 7) is 9.45. The van der Waals surface area contributed by atoms with E-state index in [0.29, 0.717) is 17.8 Å². The van der Waals surface area contributed by atoms with Crippen LogP contribution in [0.4, 0.5) is 0 Å². The van der Waals surface area contributed by atoms with E-state index in [2.05, 4.69) is 41.7 Å². The molecular formula is C22H25N3O. The molecule has 1 fully saturated rings. The highest BCUT2D eigenvalue weighted by Gasteiger charge is 2.35. The van der Waals surface area contributed by atoms with Crippen molar-refractivity contribution < 1.29 is 4.74 Å². The van der Waals surface area contributed by atoms with E-state index in [-0.39, 0.29) is 0 Å². The third kappa shape index (κ3) is 3.25. The third-order valence-electron chi connectivity index (χ3n) is 5.31. The molecule has 134 valence electrons. The Morgan fingerprint density at radius 3 is 3.00 bits per heavy atom. The molecule has 4 nitrogen and oxygen atoms in total. The van der Waals surface area contributed by atoms with Crippen LogP contribution >= 0.6 is 0 Å². The molecule has 2 aliphatic rings. The van der Waals surface area contributed by atoms with Gasteiger partial charge in [0.2, 0.25) is 0 Å². The van der Waals surface area contributed by atoms with Crippen LogP contribution in [-0.4, -0.2) is 23.1 Å². The van der Waals surface area contributed by atoms with E-state index in [0.717, 1.165) is 41.5 Å². The molecule has 2 aromatic rings. The van der Waals surface area contributed by atoms with E-state index in [1.807, 2.05) is 19.2 Å². The summed E-state index contributed by atoms with van der Waals surface area (Å²) in [5.74, 6) is 2.45. The highest BCUT2D eigenvalue weighted by Crippen LogP contribution is 2.46. The van der Waals surface area contributed by atoms with Crippen molar-refractivity contribution in [3.8, 4) is 17.0 Å². The molecule has 0 amide bonds. The molecule has 2 aromatic heterocycles. The molecule has 0 bridgehead atoms. The number of hydrogen-bond acceptors (Lipinski definition) is 4. The van der Waals surface area contributed by atoms with E-state index in [9.17, 15) is 0 Å². The SMILES string of the molecule is C=C=CNCC(c1cc2c(c(-c3ccnc(C)c3)n1)OCC2C)C1CC1. The Labute approximate surface area is 155 Å². The Morgan fingerprint density at radius 1 is 1.42 bits per heavy atom. The maximum atomic E-state index is 6.02. The van der Waals surface area contributed by atoms with Crippen LogP contribution in [0.5, 0.6) is 5.75 Å². The molecule has 2 atom stereocenters. The van der Waals surface area contributed by atoms with Crippen LogP contribution in [-0.2, 0) is 0 Å². The van der Waals surface area contributed by atoms with Crippen molar-refractivity contribution in [2.45, 2.75) is 38.5 Å². The Hall–Kier alpha value is -2.58. The number of nitrogens with one attached hydrogen (secondary N) is 1. The number of rotatable bonds is 6. The zero-order valence-electron chi connectivity index (χ0n) is 15.5. The topological polar surface area (TPSA) is 47.0 Å². The van der Waals surface area contributed by atoms with E-state index in [1.54, 1.807) is 6.20 Å². The average molecular weight is 347 g/mol. The molecular weight excluding hydrogens is 322 g/mol. The molecule has 1 aliphatic heterocycles. The van der Waals surface area contributed by atoms with Gasteiger partial charge >= 0.3 is 0 Å². The predicted molar refractivity (Wildman–Crippen MR) is 103 cm³/mol. The van der Waals surface area contributed by atoms with Crippen molar-refractivity contribution in [3.05, 3.63) is 59.9 Å². The minimum atomic E-state index is 0.398. The van der Waals surface area contributed by atoms with Crippen molar-refractivity contribution in [2.75, 3.05) is 13.2 Å². The second-order valence-electron chi connectivity index (χ2n) is 7.41. The molecule has 2 unspecified atom stereocenters. The molecule has 4 rings (SSSR count). The molecule has 1 aliphatic carbocycles. The van der Waals surface area contributed by atoms with Gasteiger partial charge < -0.3 is 10.1 Å². The summed E-state index contributed by atoms with van der Waals surface area (Å²) in [4.78, 5) is 9.41. The van der Waals surface area contributed by atoms with Crippen LogP contribution in [0.3, 0.4) is 0 Å². The zero-order chi connectivity index (χ0) is 18.1. The smallest absolute Gasteiger partial charge is 0.149 e. The van der Waals surface area contributed by atoms with E-state index in [1.165, 1.54) is 18.4 Å². The van der Waals surface area contributed by atoms with Crippen molar-refractivity contribution in [1.29, 1.82) is 0 Å². The zero-order valence-corrected chi connectivity index (χ0v) is 15.5. The number of aromatic nitrogens is 2. The Morgan fingerprint density at radius 2 is 2.27 bits per heavy atom. The predicted octanol–water partition coefficient (Wildman–Crippen LogP) is 4.33. The first-order valence-electron chi connectivity index (χ1n) is 9.35. The summed E-state index contributed by atoms with van der Waals surface area (Å²) in [6, 6.07) is 6.38. The fourth-order valence-electron chi connectivity index (χ4n) is 3.74. The first kappa shape index (κ1) is 16.9. The van der Waals surface area contributed by atoms with E-state index >= 15 is 0 Å². The first-order valence-corrected chi connectivity index (χ1v) is 9.35. The van der Waals surface area contributed by atoms with Gasteiger partial charge in [-0.05, 0) is 43.9 Å². The molecule has 0 aromatic carbocycles. The number of fused-ring (bicyclic) bond motifs is 1. The second kappa shape index (κ2) is 6.97. The summed E-state index contributed by atoms with van der Waals surface area (Å²) in [6.07, 6.45) is 6.19. The lowest BCUT2D eigenvalue weighted by atomic mass is 9.93. The summed E-state index contributed by atoms with van der Waals surface area (Å²) in [5, 5.41) is 3.32. The molecule has 1 N–H and O–H groups in total. The lowest BCUT2D eigenvalue weighted by Crippen LogP contribution is -2.19. The lowest BCUT2D eigenvalue weighted by molar-refractivity contribution is 0.337. The van der Waals surface area contributed by atoms with Crippen molar-refractivity contribution in [2.24, 2.45) is 5.92 Å². The number of ether oxygens (including phenoxy) is 1. The van der Waals surface area contributed by atoms with E-state index < -0.39 is 0 Å². The Bertz CT molecular complexity index is 866. The number of aryl methyl sites for hydroxylation is 1. The fraction of sp³-hybridized carbons (Fsp3) is 0.409. The summed E-state index contributed by atoms with van der Waals surface area (Å²) < 4.78 is 6.02. The quantitative estimate of drug-likeness (QED) is 0.790. The third-order valence-corrected chi connectivity index (χ3v) is 5.31. The first-order chi connectivity index (χ1) is 12.7. The molecule has 3 heterocycles. The molecule has 1 saturated carbocycles. The fourth-order valence-corrected chi connectivity index (χ4v) is 3.74. The van der Waals surface area contributed by atoms with Crippen LogP contribution in [0, 0.1) is 12.8 Å². The minimum Gasteiger partial charge on any atom is -0.490 e. The highest BCUT2D eigenvalue weighted by molar-refractivity contribution is 5.70. The maximum Gasteiger partial charge on any atom is 0.149 e. The summed E-state index contributed by atoms with van der Waals surface area (Å²) in [5.41, 5.74) is 8.27. The monoisotopic (exact) mass is 347 g/mol. The maximum absolute atomic E-state index is 6.02. The van der Waals surface area contributed by atoms with Gasteiger partial charge in [0.15, 0.2) is 0 Å². The molecule has 26 heavy (non-hydrogen) atoms. The van der Waals surface area contributed by atoms with Gasteiger partial charge in [0.05, 0.1) is 6.61 Å². The summed E-state index contributed by atoms with van der Waals surface area (Å²) in [7, 11) is 0. The van der Waals surface area contributed by atoms with Gasteiger partial charge in [0.25, 0.3) is 0 Å². The number of hydrogen-bond donors (Lipinski definition) is 1. The largest absolute Gasteiger partial charge is 0.490 e. The molecule has 0 spiro atoms. The van der Waals surface area contributed by atoms with Crippen molar-refractivity contribution >= 4 is 0 Å². The van der Waals surface area contributed by atoms with Crippen LogP contribution in [0.1, 0.15) is 48.6 Å². The average Bonchev–Trinajstić information content (AvgIpc) is 3.41. The van der Waals surface area contributed by atoms with Gasteiger partial charge in [0.1, 0.15) is 11.4 Å². The van der Waals surface area contributed by atoms with Gasteiger partial charge in [-0.2, -0.15) is 0 Å². The second-order valence-corrected chi connectivity index (χ2v) is 7.41. The van der Waals surface area contributed by atoms with E-state index in [4.69, 9.17) is 9.72 Å². The molecule has 0 radical (unpaired) electrons. The number of nitrogens with zero attached hydrogens (tertiary/aromatic N) is 2. The van der Waals surface area contributed by atoms with Gasteiger partial charge in [-0.25, -0.2) is 4.98 Å². The minimum absolute atomic E-state index is 0.398. The Kier molecular flexibility index (Phi) is 4.52. The van der Waals surface area contributed by atoms with Crippen LogP contribution in [0.2, 0.25) is 0 Å².